The fourth-order valence-corrected chi connectivity index (χ4v) is 3.10. The first-order valence-electron chi connectivity index (χ1n) is 8.52. The Morgan fingerprint density at radius 1 is 1.28 bits per heavy atom. The molecule has 1 saturated heterocycles. The summed E-state index contributed by atoms with van der Waals surface area (Å²) in [6.07, 6.45) is 2.57. The maximum absolute atomic E-state index is 6.28. The largest absolute Gasteiger partial charge is 0.497 e. The third-order valence-electron chi connectivity index (χ3n) is 4.59. The number of methoxy groups -OCH3 is 2. The molecule has 0 atom stereocenters. The van der Waals surface area contributed by atoms with Crippen LogP contribution in [0.4, 0.5) is 0 Å². The topological polar surface area (TPSA) is 64.1 Å². The number of ether oxygens (including phenoxy) is 3. The van der Waals surface area contributed by atoms with Crippen molar-refractivity contribution >= 4 is 17.6 Å². The Bertz CT molecular complexity index is 575. The van der Waals surface area contributed by atoms with Crippen LogP contribution in [0.3, 0.4) is 0 Å². The van der Waals surface area contributed by atoms with Crippen LogP contribution in [-0.2, 0) is 15.9 Å². The van der Waals surface area contributed by atoms with E-state index in [1.165, 1.54) is 0 Å². The SMILES string of the molecule is CN=C(NCCc1ccc(OC)cc1Cl)NCC1(OC)CCOCC1. The zero-order valence-electron chi connectivity index (χ0n) is 15.2. The van der Waals surface area contributed by atoms with Crippen molar-refractivity contribution in [1.82, 2.24) is 10.6 Å². The van der Waals surface area contributed by atoms with Gasteiger partial charge in [-0.3, -0.25) is 4.99 Å². The first-order valence-corrected chi connectivity index (χ1v) is 8.90. The Balaban J connectivity index is 1.80. The van der Waals surface area contributed by atoms with E-state index in [0.29, 0.717) is 11.6 Å². The van der Waals surface area contributed by atoms with Crippen LogP contribution in [0.5, 0.6) is 5.75 Å². The lowest BCUT2D eigenvalue weighted by Gasteiger charge is -2.36. The number of hydrogen-bond acceptors (Lipinski definition) is 4. The van der Waals surface area contributed by atoms with Crippen molar-refractivity contribution in [3.05, 3.63) is 28.8 Å². The van der Waals surface area contributed by atoms with Crippen LogP contribution in [0.1, 0.15) is 18.4 Å². The Morgan fingerprint density at radius 2 is 2.04 bits per heavy atom. The summed E-state index contributed by atoms with van der Waals surface area (Å²) in [6, 6.07) is 5.74. The molecule has 0 unspecified atom stereocenters. The lowest BCUT2D eigenvalue weighted by molar-refractivity contribution is -0.0855. The number of aliphatic imine (C=N–C) groups is 1. The van der Waals surface area contributed by atoms with E-state index in [2.05, 4.69) is 15.6 Å². The van der Waals surface area contributed by atoms with Gasteiger partial charge in [0.2, 0.25) is 0 Å². The average molecular weight is 370 g/mol. The summed E-state index contributed by atoms with van der Waals surface area (Å²) >= 11 is 6.28. The molecule has 6 nitrogen and oxygen atoms in total. The highest BCUT2D eigenvalue weighted by Crippen LogP contribution is 2.24. The number of rotatable bonds is 7. The van der Waals surface area contributed by atoms with Gasteiger partial charge in [-0.05, 0) is 24.1 Å². The van der Waals surface area contributed by atoms with Gasteiger partial charge in [0.25, 0.3) is 0 Å². The van der Waals surface area contributed by atoms with E-state index >= 15 is 0 Å². The first kappa shape index (κ1) is 19.8. The van der Waals surface area contributed by atoms with Gasteiger partial charge in [-0.15, -0.1) is 0 Å². The van der Waals surface area contributed by atoms with Gasteiger partial charge in [-0.25, -0.2) is 0 Å². The van der Waals surface area contributed by atoms with Crippen molar-refractivity contribution < 1.29 is 14.2 Å². The molecule has 1 aromatic rings. The van der Waals surface area contributed by atoms with Crippen LogP contribution < -0.4 is 15.4 Å². The Hall–Kier alpha value is -1.50. The van der Waals surface area contributed by atoms with Crippen molar-refractivity contribution in [2.45, 2.75) is 24.9 Å². The highest BCUT2D eigenvalue weighted by atomic mass is 35.5. The molecule has 1 heterocycles. The predicted octanol–water partition coefficient (Wildman–Crippen LogP) is 2.25. The van der Waals surface area contributed by atoms with Gasteiger partial charge < -0.3 is 24.8 Å². The number of nitrogens with one attached hydrogen (secondary N) is 2. The fraction of sp³-hybridized carbons (Fsp3) is 0.611. The Kier molecular flexibility index (Phi) is 7.81. The number of nitrogens with zero attached hydrogens (tertiary/aromatic N) is 1. The highest BCUT2D eigenvalue weighted by molar-refractivity contribution is 6.31. The molecule has 140 valence electrons. The normalized spacial score (nSPS) is 17.2. The second-order valence-electron chi connectivity index (χ2n) is 6.06. The molecule has 0 saturated carbocycles. The Morgan fingerprint density at radius 3 is 2.64 bits per heavy atom. The maximum Gasteiger partial charge on any atom is 0.191 e. The van der Waals surface area contributed by atoms with E-state index < -0.39 is 0 Å². The van der Waals surface area contributed by atoms with Crippen molar-refractivity contribution in [2.75, 3.05) is 47.6 Å². The summed E-state index contributed by atoms with van der Waals surface area (Å²) in [4.78, 5) is 4.27. The molecule has 0 amide bonds. The van der Waals surface area contributed by atoms with Crippen LogP contribution in [0, 0.1) is 0 Å². The third-order valence-corrected chi connectivity index (χ3v) is 4.94. The van der Waals surface area contributed by atoms with Crippen LogP contribution in [0.25, 0.3) is 0 Å². The molecule has 1 aromatic carbocycles. The maximum atomic E-state index is 6.28. The van der Waals surface area contributed by atoms with Gasteiger partial charge in [-0.2, -0.15) is 0 Å². The number of benzene rings is 1. The molecule has 0 spiro atoms. The van der Waals surface area contributed by atoms with E-state index in [0.717, 1.165) is 56.3 Å². The summed E-state index contributed by atoms with van der Waals surface area (Å²) < 4.78 is 16.3. The molecule has 7 heteroatoms. The molecule has 25 heavy (non-hydrogen) atoms. The molecule has 0 bridgehead atoms. The molecular weight excluding hydrogens is 342 g/mol. The summed E-state index contributed by atoms with van der Waals surface area (Å²) in [7, 11) is 5.15. The smallest absolute Gasteiger partial charge is 0.191 e. The molecule has 1 aliphatic heterocycles. The average Bonchev–Trinajstić information content (AvgIpc) is 2.66. The van der Waals surface area contributed by atoms with Crippen molar-refractivity contribution in [2.24, 2.45) is 4.99 Å². The molecule has 1 fully saturated rings. The highest BCUT2D eigenvalue weighted by Gasteiger charge is 2.32. The van der Waals surface area contributed by atoms with Crippen molar-refractivity contribution in [1.29, 1.82) is 0 Å². The van der Waals surface area contributed by atoms with Gasteiger partial charge in [-0.1, -0.05) is 17.7 Å². The molecule has 1 aliphatic rings. The minimum absolute atomic E-state index is 0.185. The lowest BCUT2D eigenvalue weighted by Crippen LogP contribution is -2.51. The molecule has 0 radical (unpaired) electrons. The second kappa shape index (κ2) is 9.85. The monoisotopic (exact) mass is 369 g/mol. The summed E-state index contributed by atoms with van der Waals surface area (Å²) in [5.41, 5.74) is 0.887. The first-order chi connectivity index (χ1) is 12.1. The number of halogens is 1. The standard InChI is InChI=1S/C18H28ClN3O3/c1-20-17(22-13-18(24-3)7-10-25-11-8-18)21-9-6-14-4-5-15(23-2)12-16(14)19/h4-5,12H,6-11,13H2,1-3H3,(H2,20,21,22). The molecular formula is C18H28ClN3O3. The summed E-state index contributed by atoms with van der Waals surface area (Å²) in [5, 5.41) is 7.38. The van der Waals surface area contributed by atoms with Crippen molar-refractivity contribution in [3.8, 4) is 5.75 Å². The predicted molar refractivity (Wildman–Crippen MR) is 101 cm³/mol. The van der Waals surface area contributed by atoms with Crippen molar-refractivity contribution in [3.63, 3.8) is 0 Å². The molecule has 2 rings (SSSR count). The van der Waals surface area contributed by atoms with Crippen LogP contribution in [0.2, 0.25) is 5.02 Å². The van der Waals surface area contributed by atoms with E-state index in [9.17, 15) is 0 Å². The molecule has 0 aromatic heterocycles. The van der Waals surface area contributed by atoms with Gasteiger partial charge >= 0.3 is 0 Å². The minimum Gasteiger partial charge on any atom is -0.497 e. The van der Waals surface area contributed by atoms with Gasteiger partial charge in [0.1, 0.15) is 5.75 Å². The molecule has 0 aliphatic carbocycles. The number of hydrogen-bond donors (Lipinski definition) is 2. The Labute approximate surface area is 154 Å². The van der Waals surface area contributed by atoms with Crippen LogP contribution in [0.15, 0.2) is 23.2 Å². The quantitative estimate of drug-likeness (QED) is 0.570. The second-order valence-corrected chi connectivity index (χ2v) is 6.47. The van der Waals surface area contributed by atoms with Gasteiger partial charge in [0.05, 0.1) is 12.7 Å². The fourth-order valence-electron chi connectivity index (χ4n) is 2.84. The molecule has 2 N–H and O–H groups in total. The van der Waals surface area contributed by atoms with Crippen LogP contribution in [-0.4, -0.2) is 59.1 Å². The van der Waals surface area contributed by atoms with Crippen LogP contribution >= 0.6 is 11.6 Å². The van der Waals surface area contributed by atoms with E-state index in [-0.39, 0.29) is 5.60 Å². The minimum atomic E-state index is -0.185. The third kappa shape index (κ3) is 5.76. The van der Waals surface area contributed by atoms with E-state index in [4.69, 9.17) is 25.8 Å². The van der Waals surface area contributed by atoms with Gasteiger partial charge in [0.15, 0.2) is 5.96 Å². The summed E-state index contributed by atoms with van der Waals surface area (Å²) in [5.74, 6) is 1.52. The summed E-state index contributed by atoms with van der Waals surface area (Å²) in [6.45, 7) is 2.90. The lowest BCUT2D eigenvalue weighted by atomic mass is 9.94. The van der Waals surface area contributed by atoms with E-state index in [1.807, 2.05) is 18.2 Å². The van der Waals surface area contributed by atoms with Gasteiger partial charge in [0, 0.05) is 58.3 Å². The number of guanidine groups is 1. The zero-order valence-corrected chi connectivity index (χ0v) is 16.0. The van der Waals surface area contributed by atoms with E-state index in [1.54, 1.807) is 21.3 Å². The zero-order chi connectivity index (χ0) is 18.1.